The lowest BCUT2D eigenvalue weighted by Gasteiger charge is -2.23. The molecule has 1 amide bonds. The van der Waals surface area contributed by atoms with Crippen molar-refractivity contribution >= 4 is 45.7 Å². The van der Waals surface area contributed by atoms with Crippen molar-refractivity contribution in [1.82, 2.24) is 10.2 Å². The number of nitrogens with zero attached hydrogens (tertiary/aromatic N) is 3. The molecule has 0 spiro atoms. The van der Waals surface area contributed by atoms with E-state index < -0.39 is 17.7 Å². The number of aromatic nitrogens is 2. The molecular weight excluding hydrogens is 593 g/mol. The third-order valence-electron chi connectivity index (χ3n) is 6.82. The summed E-state index contributed by atoms with van der Waals surface area (Å²) in [5.74, 6) is -0.589. The zero-order valence-corrected chi connectivity index (χ0v) is 24.6. The van der Waals surface area contributed by atoms with Crippen LogP contribution in [0, 0.1) is 5.82 Å². The number of Topliss-reactive ketones (excluding diaryl/α,β-unsaturated/α-hetero) is 1. The van der Waals surface area contributed by atoms with Crippen molar-refractivity contribution in [2.75, 3.05) is 24.7 Å². The first-order chi connectivity index (χ1) is 20.9. The van der Waals surface area contributed by atoms with Gasteiger partial charge in [-0.25, -0.2) is 4.39 Å². The molecule has 3 aromatic carbocycles. The monoisotopic (exact) mass is 619 g/mol. The third-order valence-corrected chi connectivity index (χ3v) is 8.92. The predicted octanol–water partition coefficient (Wildman–Crippen LogP) is 6.16. The minimum atomic E-state index is -1.02. The summed E-state index contributed by atoms with van der Waals surface area (Å²) in [6, 6.07) is 17.3. The van der Waals surface area contributed by atoms with Crippen LogP contribution in [0.15, 0.2) is 76.6 Å². The van der Waals surface area contributed by atoms with Gasteiger partial charge in [-0.2, -0.15) is 0 Å². The number of aliphatic hydroxyl groups excluding tert-OH is 1. The number of benzene rings is 3. The molecule has 1 saturated heterocycles. The fraction of sp³-hybridized carbons (Fsp3) is 0.226. The highest BCUT2D eigenvalue weighted by atomic mass is 32.2. The molecule has 1 atom stereocenters. The number of fused-ring (bicyclic) bond motifs is 1. The minimum Gasteiger partial charge on any atom is -0.507 e. The molecule has 1 unspecified atom stereocenters. The van der Waals surface area contributed by atoms with E-state index in [9.17, 15) is 19.1 Å². The van der Waals surface area contributed by atoms with E-state index in [1.54, 1.807) is 60.7 Å². The quantitative estimate of drug-likeness (QED) is 0.0775. The summed E-state index contributed by atoms with van der Waals surface area (Å²) in [7, 11) is 0. The van der Waals surface area contributed by atoms with E-state index in [0.29, 0.717) is 63.9 Å². The molecule has 220 valence electrons. The number of amides is 1. The van der Waals surface area contributed by atoms with E-state index in [-0.39, 0.29) is 22.3 Å². The normalized spacial score (nSPS) is 17.3. The molecule has 6 rings (SSSR count). The van der Waals surface area contributed by atoms with Crippen molar-refractivity contribution < 1.29 is 33.3 Å². The van der Waals surface area contributed by atoms with Gasteiger partial charge in [-0.1, -0.05) is 60.4 Å². The van der Waals surface area contributed by atoms with Gasteiger partial charge < -0.3 is 19.3 Å². The Kier molecular flexibility index (Phi) is 8.30. The van der Waals surface area contributed by atoms with Crippen molar-refractivity contribution in [1.29, 1.82) is 0 Å². The maximum Gasteiger partial charge on any atom is 0.301 e. The lowest BCUT2D eigenvalue weighted by atomic mass is 9.95. The van der Waals surface area contributed by atoms with Gasteiger partial charge in [-0.3, -0.25) is 14.5 Å². The van der Waals surface area contributed by atoms with Crippen LogP contribution < -0.4 is 19.1 Å². The Hall–Kier alpha value is -4.42. The van der Waals surface area contributed by atoms with E-state index in [2.05, 4.69) is 10.2 Å². The molecule has 1 aromatic heterocycles. The highest BCUT2D eigenvalue weighted by Crippen LogP contribution is 2.45. The molecule has 0 radical (unpaired) electrons. The first kappa shape index (κ1) is 28.7. The molecular formula is C31H26FN3O6S2. The zero-order chi connectivity index (χ0) is 29.9. The number of thioether (sulfide) groups is 1. The molecule has 3 heterocycles. The molecule has 12 heteroatoms. The van der Waals surface area contributed by atoms with Crippen molar-refractivity contribution in [3.63, 3.8) is 0 Å². The minimum absolute atomic E-state index is 0.106. The Morgan fingerprint density at radius 1 is 1.07 bits per heavy atom. The average Bonchev–Trinajstić information content (AvgIpc) is 3.60. The molecule has 2 aliphatic heterocycles. The van der Waals surface area contributed by atoms with Crippen molar-refractivity contribution in [3.05, 3.63) is 94.8 Å². The van der Waals surface area contributed by atoms with Crippen molar-refractivity contribution in [2.45, 2.75) is 29.5 Å². The van der Waals surface area contributed by atoms with Gasteiger partial charge in [0.25, 0.3) is 5.78 Å². The summed E-state index contributed by atoms with van der Waals surface area (Å²) in [5, 5.41) is 20.1. The predicted molar refractivity (Wildman–Crippen MR) is 160 cm³/mol. The summed E-state index contributed by atoms with van der Waals surface area (Å²) in [6.45, 7) is 3.23. The number of carbonyl (C=O) groups is 2. The molecule has 0 aliphatic carbocycles. The standard InChI is InChI=1S/C31H26FN3O6S2/c1-2-12-39-21-8-5-7-18(15-21)26-25(27(36)19-10-11-23-24(16-19)41-14-13-40-23)28(37)29(38)35(26)30-33-34-31(43-30)42-17-20-6-3-4-9-22(20)32/h3-11,15-16,26,36H,2,12-14,17H2,1H3/b27-25-. The first-order valence-corrected chi connectivity index (χ1v) is 15.4. The van der Waals surface area contributed by atoms with Crippen LogP contribution >= 0.6 is 23.1 Å². The highest BCUT2D eigenvalue weighted by Gasteiger charge is 2.48. The summed E-state index contributed by atoms with van der Waals surface area (Å²) in [5.41, 5.74) is 1.24. The molecule has 4 aromatic rings. The van der Waals surface area contributed by atoms with Crippen LogP contribution in [0.4, 0.5) is 9.52 Å². The summed E-state index contributed by atoms with van der Waals surface area (Å²) >= 11 is 2.37. The van der Waals surface area contributed by atoms with Gasteiger partial charge in [0.15, 0.2) is 15.8 Å². The Morgan fingerprint density at radius 2 is 1.88 bits per heavy atom. The number of hydrogen-bond acceptors (Lipinski definition) is 10. The number of rotatable bonds is 9. The summed E-state index contributed by atoms with van der Waals surface area (Å²) < 4.78 is 31.7. The Bertz CT molecular complexity index is 1730. The average molecular weight is 620 g/mol. The zero-order valence-electron chi connectivity index (χ0n) is 23.0. The lowest BCUT2D eigenvalue weighted by Crippen LogP contribution is -2.29. The van der Waals surface area contributed by atoms with E-state index in [0.717, 1.165) is 17.8 Å². The second kappa shape index (κ2) is 12.4. The van der Waals surface area contributed by atoms with E-state index >= 15 is 0 Å². The van der Waals surface area contributed by atoms with E-state index in [4.69, 9.17) is 14.2 Å². The van der Waals surface area contributed by atoms with Crippen molar-refractivity contribution in [3.8, 4) is 17.2 Å². The van der Waals surface area contributed by atoms with Gasteiger partial charge >= 0.3 is 5.91 Å². The van der Waals surface area contributed by atoms with Crippen molar-refractivity contribution in [2.24, 2.45) is 0 Å². The van der Waals surface area contributed by atoms with Crippen LogP contribution in [-0.4, -0.2) is 46.8 Å². The second-order valence-corrected chi connectivity index (χ2v) is 11.9. The number of halogens is 1. The Balaban J connectivity index is 1.40. The van der Waals surface area contributed by atoms with Gasteiger partial charge in [0.2, 0.25) is 5.13 Å². The van der Waals surface area contributed by atoms with Gasteiger partial charge in [-0.15, -0.1) is 10.2 Å². The number of ketones is 1. The maximum atomic E-state index is 14.1. The molecule has 1 N–H and O–H groups in total. The Morgan fingerprint density at radius 3 is 2.70 bits per heavy atom. The number of ether oxygens (including phenoxy) is 3. The number of aliphatic hydroxyl groups is 1. The van der Waals surface area contributed by atoms with Crippen LogP contribution in [0.25, 0.3) is 5.76 Å². The van der Waals surface area contributed by atoms with Crippen LogP contribution in [0.3, 0.4) is 0 Å². The third kappa shape index (κ3) is 5.80. The molecule has 2 aliphatic rings. The first-order valence-electron chi connectivity index (χ1n) is 13.6. The van der Waals surface area contributed by atoms with E-state index in [1.165, 1.54) is 22.7 Å². The second-order valence-electron chi connectivity index (χ2n) is 9.68. The Labute approximate surface area is 254 Å². The number of anilines is 1. The lowest BCUT2D eigenvalue weighted by molar-refractivity contribution is -0.132. The van der Waals surface area contributed by atoms with Crippen LogP contribution in [-0.2, 0) is 15.3 Å². The van der Waals surface area contributed by atoms with Crippen LogP contribution in [0.2, 0.25) is 0 Å². The van der Waals surface area contributed by atoms with E-state index in [1.807, 2.05) is 6.92 Å². The van der Waals surface area contributed by atoms with Gasteiger partial charge in [-0.05, 0) is 53.9 Å². The fourth-order valence-corrected chi connectivity index (χ4v) is 6.65. The molecule has 1 fully saturated rings. The number of hydrogen-bond donors (Lipinski definition) is 1. The molecule has 0 bridgehead atoms. The van der Waals surface area contributed by atoms with Crippen LogP contribution in [0.5, 0.6) is 17.2 Å². The van der Waals surface area contributed by atoms with Gasteiger partial charge in [0, 0.05) is 11.3 Å². The van der Waals surface area contributed by atoms with Gasteiger partial charge in [0.1, 0.15) is 30.5 Å². The summed E-state index contributed by atoms with van der Waals surface area (Å²) in [4.78, 5) is 28.4. The topological polar surface area (TPSA) is 111 Å². The largest absolute Gasteiger partial charge is 0.507 e. The molecule has 9 nitrogen and oxygen atoms in total. The SMILES string of the molecule is CCCOc1cccc(C2/C(=C(/O)c3ccc4c(c3)OCCO4)C(=O)C(=O)N2c2nnc(SCc3ccccc3F)s2)c1. The highest BCUT2D eigenvalue weighted by molar-refractivity contribution is 8.00. The maximum absolute atomic E-state index is 14.1. The summed E-state index contributed by atoms with van der Waals surface area (Å²) in [6.07, 6.45) is 0.797. The molecule has 0 saturated carbocycles. The van der Waals surface area contributed by atoms with Crippen LogP contribution in [0.1, 0.15) is 36.1 Å². The smallest absolute Gasteiger partial charge is 0.301 e. The number of carbonyl (C=O) groups excluding carboxylic acids is 2. The molecule has 43 heavy (non-hydrogen) atoms. The fourth-order valence-electron chi connectivity index (χ4n) is 4.80. The van der Waals surface area contributed by atoms with Gasteiger partial charge in [0.05, 0.1) is 18.2 Å².